The quantitative estimate of drug-likeness (QED) is 0.777. The van der Waals surface area contributed by atoms with E-state index in [1.165, 1.54) is 4.90 Å². The number of ether oxygens (including phenoxy) is 1. The molecule has 1 heterocycles. The highest BCUT2D eigenvalue weighted by Crippen LogP contribution is 2.29. The highest BCUT2D eigenvalue weighted by atomic mass is 16.5. The number of rotatable bonds is 4. The van der Waals surface area contributed by atoms with Crippen molar-refractivity contribution in [3.63, 3.8) is 0 Å². The first-order valence-electron chi connectivity index (χ1n) is 5.63. The Kier molecular flexibility index (Phi) is 3.91. The minimum atomic E-state index is -0.983. The molecular weight excluding hydrogens is 210 g/mol. The third kappa shape index (κ3) is 2.19. The van der Waals surface area contributed by atoms with Crippen molar-refractivity contribution >= 4 is 11.9 Å². The van der Waals surface area contributed by atoms with Crippen LogP contribution < -0.4 is 0 Å². The molecule has 0 radical (unpaired) electrons. The number of aliphatic carboxylic acids is 1. The van der Waals surface area contributed by atoms with Gasteiger partial charge < -0.3 is 14.7 Å². The molecule has 1 fully saturated rings. The lowest BCUT2D eigenvalue weighted by atomic mass is 9.92. The predicted octanol–water partition coefficient (Wildman–Crippen LogP) is 0.877. The molecule has 16 heavy (non-hydrogen) atoms. The Morgan fingerprint density at radius 2 is 2.12 bits per heavy atom. The van der Waals surface area contributed by atoms with Gasteiger partial charge in [-0.3, -0.25) is 9.59 Å². The number of carboxylic acid groups (broad SMARTS) is 1. The molecular formula is C11H19NO4. The van der Waals surface area contributed by atoms with E-state index in [1.54, 1.807) is 6.92 Å². The molecule has 1 aliphatic heterocycles. The van der Waals surface area contributed by atoms with Gasteiger partial charge in [0.1, 0.15) is 12.1 Å². The monoisotopic (exact) mass is 229 g/mol. The van der Waals surface area contributed by atoms with Gasteiger partial charge >= 0.3 is 5.97 Å². The number of amides is 1. The second kappa shape index (κ2) is 4.82. The summed E-state index contributed by atoms with van der Waals surface area (Å²) in [6.45, 7) is 5.73. The van der Waals surface area contributed by atoms with Crippen LogP contribution in [0.1, 0.15) is 33.6 Å². The van der Waals surface area contributed by atoms with Crippen molar-refractivity contribution in [1.82, 2.24) is 4.90 Å². The summed E-state index contributed by atoms with van der Waals surface area (Å²) in [5.74, 6) is -1.18. The van der Waals surface area contributed by atoms with Crippen LogP contribution in [0.3, 0.4) is 0 Å². The van der Waals surface area contributed by atoms with E-state index in [0.717, 1.165) is 0 Å². The van der Waals surface area contributed by atoms with Crippen LogP contribution in [0.5, 0.6) is 0 Å². The molecule has 1 amide bonds. The van der Waals surface area contributed by atoms with Crippen molar-refractivity contribution in [2.24, 2.45) is 0 Å². The van der Waals surface area contributed by atoms with E-state index in [2.05, 4.69) is 0 Å². The minimum absolute atomic E-state index is 0.171. The molecule has 5 nitrogen and oxygen atoms in total. The van der Waals surface area contributed by atoms with Crippen LogP contribution in [0.15, 0.2) is 0 Å². The van der Waals surface area contributed by atoms with E-state index in [0.29, 0.717) is 19.4 Å². The third-order valence-electron chi connectivity index (χ3n) is 3.23. The Morgan fingerprint density at radius 1 is 1.56 bits per heavy atom. The van der Waals surface area contributed by atoms with Gasteiger partial charge in [-0.05, 0) is 19.8 Å². The Balaban J connectivity index is 2.90. The van der Waals surface area contributed by atoms with Crippen molar-refractivity contribution in [2.75, 3.05) is 13.2 Å². The fourth-order valence-corrected chi connectivity index (χ4v) is 2.02. The zero-order valence-corrected chi connectivity index (χ0v) is 10.0. The highest BCUT2D eigenvalue weighted by Gasteiger charge is 2.45. The third-order valence-corrected chi connectivity index (χ3v) is 3.23. The molecule has 1 atom stereocenters. The predicted molar refractivity (Wildman–Crippen MR) is 58.1 cm³/mol. The average Bonchev–Trinajstić information content (AvgIpc) is 2.25. The molecule has 1 N–H and O–H groups in total. The maximum absolute atomic E-state index is 12.2. The molecule has 1 aliphatic rings. The van der Waals surface area contributed by atoms with Gasteiger partial charge in [-0.15, -0.1) is 0 Å². The van der Waals surface area contributed by atoms with Gasteiger partial charge in [0, 0.05) is 0 Å². The van der Waals surface area contributed by atoms with Crippen LogP contribution in [0, 0.1) is 0 Å². The van der Waals surface area contributed by atoms with Gasteiger partial charge in [0.25, 0.3) is 5.91 Å². The van der Waals surface area contributed by atoms with E-state index >= 15 is 0 Å². The van der Waals surface area contributed by atoms with Crippen LogP contribution >= 0.6 is 0 Å². The largest absolute Gasteiger partial charge is 0.480 e. The van der Waals surface area contributed by atoms with Gasteiger partial charge in [-0.2, -0.15) is 0 Å². The lowest BCUT2D eigenvalue weighted by Gasteiger charge is -2.43. The first-order valence-corrected chi connectivity index (χ1v) is 5.63. The van der Waals surface area contributed by atoms with Gasteiger partial charge in [0.15, 0.2) is 0 Å². The number of carboxylic acids is 1. The topological polar surface area (TPSA) is 66.8 Å². The standard InChI is InChI=1S/C11H19NO4/c1-4-11(5-2)10(15)12(6-9(13)14)8(3)7-16-11/h8H,4-7H2,1-3H3,(H,13,14)/t8-/m1/s1. The summed E-state index contributed by atoms with van der Waals surface area (Å²) >= 11 is 0. The number of nitrogens with zero attached hydrogens (tertiary/aromatic N) is 1. The average molecular weight is 229 g/mol. The van der Waals surface area contributed by atoms with E-state index in [9.17, 15) is 9.59 Å². The Morgan fingerprint density at radius 3 is 2.56 bits per heavy atom. The van der Waals surface area contributed by atoms with Gasteiger partial charge in [-0.1, -0.05) is 13.8 Å². The second-order valence-electron chi connectivity index (χ2n) is 4.19. The lowest BCUT2D eigenvalue weighted by molar-refractivity contribution is -0.182. The maximum atomic E-state index is 12.2. The van der Waals surface area contributed by atoms with Gasteiger partial charge in [0.05, 0.1) is 12.6 Å². The molecule has 0 spiro atoms. The summed E-state index contributed by atoms with van der Waals surface area (Å²) in [7, 11) is 0. The molecule has 0 aromatic carbocycles. The maximum Gasteiger partial charge on any atom is 0.323 e. The minimum Gasteiger partial charge on any atom is -0.480 e. The van der Waals surface area contributed by atoms with Crippen molar-refractivity contribution in [1.29, 1.82) is 0 Å². The van der Waals surface area contributed by atoms with Crippen molar-refractivity contribution in [2.45, 2.75) is 45.3 Å². The number of carbonyl (C=O) groups is 2. The fourth-order valence-electron chi connectivity index (χ4n) is 2.02. The normalized spacial score (nSPS) is 24.6. The number of carbonyl (C=O) groups excluding carboxylic acids is 1. The van der Waals surface area contributed by atoms with Crippen LogP contribution in [-0.2, 0) is 14.3 Å². The van der Waals surface area contributed by atoms with Crippen LogP contribution in [0.4, 0.5) is 0 Å². The summed E-state index contributed by atoms with van der Waals surface area (Å²) in [6.07, 6.45) is 1.15. The van der Waals surface area contributed by atoms with E-state index in [-0.39, 0.29) is 18.5 Å². The number of hydrogen-bond donors (Lipinski definition) is 1. The Bertz CT molecular complexity index is 286. The summed E-state index contributed by atoms with van der Waals surface area (Å²) in [4.78, 5) is 24.3. The first kappa shape index (κ1) is 13.0. The smallest absolute Gasteiger partial charge is 0.323 e. The molecule has 0 saturated carbocycles. The molecule has 1 saturated heterocycles. The zero-order chi connectivity index (χ0) is 12.3. The molecule has 0 aromatic heterocycles. The first-order chi connectivity index (χ1) is 7.46. The molecule has 0 bridgehead atoms. The van der Waals surface area contributed by atoms with Crippen LogP contribution in [-0.4, -0.2) is 46.7 Å². The lowest BCUT2D eigenvalue weighted by Crippen LogP contribution is -2.60. The van der Waals surface area contributed by atoms with Crippen molar-refractivity contribution in [3.8, 4) is 0 Å². The van der Waals surface area contributed by atoms with Crippen molar-refractivity contribution < 1.29 is 19.4 Å². The summed E-state index contributed by atoms with van der Waals surface area (Å²) in [6, 6.07) is -0.171. The molecule has 92 valence electrons. The number of hydrogen-bond acceptors (Lipinski definition) is 3. The van der Waals surface area contributed by atoms with Gasteiger partial charge in [0.2, 0.25) is 0 Å². The molecule has 0 aromatic rings. The molecule has 0 aliphatic carbocycles. The summed E-state index contributed by atoms with van der Waals surface area (Å²) in [5, 5.41) is 8.78. The molecule has 0 unspecified atom stereocenters. The van der Waals surface area contributed by atoms with Crippen LogP contribution in [0.25, 0.3) is 0 Å². The highest BCUT2D eigenvalue weighted by molar-refractivity contribution is 5.88. The Hall–Kier alpha value is -1.10. The van der Waals surface area contributed by atoms with E-state index in [4.69, 9.17) is 9.84 Å². The fraction of sp³-hybridized carbons (Fsp3) is 0.818. The Labute approximate surface area is 95.4 Å². The SMILES string of the molecule is CCC1(CC)OC[C@@H](C)N(CC(=O)O)C1=O. The van der Waals surface area contributed by atoms with E-state index < -0.39 is 11.6 Å². The molecule has 1 rings (SSSR count). The summed E-state index contributed by atoms with van der Waals surface area (Å²) < 4.78 is 5.62. The number of morpholine rings is 1. The second-order valence-corrected chi connectivity index (χ2v) is 4.19. The summed E-state index contributed by atoms with van der Waals surface area (Å²) in [5.41, 5.74) is -0.817. The van der Waals surface area contributed by atoms with Crippen LogP contribution in [0.2, 0.25) is 0 Å². The van der Waals surface area contributed by atoms with E-state index in [1.807, 2.05) is 13.8 Å². The zero-order valence-electron chi connectivity index (χ0n) is 10.0. The van der Waals surface area contributed by atoms with Crippen molar-refractivity contribution in [3.05, 3.63) is 0 Å². The molecule has 5 heteroatoms. The van der Waals surface area contributed by atoms with Gasteiger partial charge in [-0.25, -0.2) is 0 Å².